The molecule has 0 aromatic rings. The van der Waals surface area contributed by atoms with Crippen LogP contribution in [0.25, 0.3) is 0 Å². The van der Waals surface area contributed by atoms with Gasteiger partial charge in [0.05, 0.1) is 0 Å². The van der Waals surface area contributed by atoms with E-state index < -0.39 is 0 Å². The summed E-state index contributed by atoms with van der Waals surface area (Å²) in [6.07, 6.45) is 10.7. The normalized spacial score (nSPS) is 45.7. The third-order valence-electron chi connectivity index (χ3n) is 4.08. The summed E-state index contributed by atoms with van der Waals surface area (Å²) in [6.45, 7) is 2.27. The van der Waals surface area contributed by atoms with Gasteiger partial charge in [-0.25, -0.2) is 0 Å². The summed E-state index contributed by atoms with van der Waals surface area (Å²) in [7, 11) is 0. The van der Waals surface area contributed by atoms with Gasteiger partial charge in [-0.15, -0.1) is 0 Å². The Labute approximate surface area is 85.5 Å². The molecule has 3 rings (SSSR count). The first-order chi connectivity index (χ1) is 6.95. The first-order valence-corrected chi connectivity index (χ1v) is 5.83. The molecule has 0 radical (unpaired) electrons. The van der Waals surface area contributed by atoms with Gasteiger partial charge in [0.15, 0.2) is 0 Å². The summed E-state index contributed by atoms with van der Waals surface area (Å²) >= 11 is 0. The smallest absolute Gasteiger partial charge is 0.0423 e. The molecule has 76 valence electrons. The molecule has 0 bridgehead atoms. The van der Waals surface area contributed by atoms with Crippen molar-refractivity contribution in [1.29, 1.82) is 0 Å². The molecular weight excluding hydrogens is 172 g/mol. The van der Waals surface area contributed by atoms with Crippen LogP contribution >= 0.6 is 0 Å². The van der Waals surface area contributed by atoms with Crippen molar-refractivity contribution >= 4 is 6.21 Å². The third kappa shape index (κ3) is 1.33. The van der Waals surface area contributed by atoms with Crippen LogP contribution in [-0.4, -0.2) is 25.3 Å². The minimum Gasteiger partial charge on any atom is -0.313 e. The zero-order valence-electron chi connectivity index (χ0n) is 8.52. The summed E-state index contributed by atoms with van der Waals surface area (Å²) < 4.78 is 0. The van der Waals surface area contributed by atoms with E-state index >= 15 is 0 Å². The molecule has 1 saturated heterocycles. The zero-order chi connectivity index (χ0) is 9.38. The van der Waals surface area contributed by atoms with Crippen molar-refractivity contribution in [2.45, 2.75) is 25.3 Å². The summed E-state index contributed by atoms with van der Waals surface area (Å²) in [5, 5.41) is 3.70. The number of fused-ring (bicyclic) bond motifs is 3. The van der Waals surface area contributed by atoms with Gasteiger partial charge >= 0.3 is 0 Å². The standard InChI is InChI=1S/C12H18N2/c1-2-4-12-10(3-1)11-8-13-7-9(11)5-6-14-12/h1-2,7,9-12,14H,3-6,8H2. The average molecular weight is 190 g/mol. The molecule has 4 unspecified atom stereocenters. The molecule has 3 aliphatic rings. The molecule has 0 saturated carbocycles. The molecule has 0 amide bonds. The number of hydrogen-bond acceptors (Lipinski definition) is 2. The number of allylic oxidation sites excluding steroid dienone is 1. The Bertz CT molecular complexity index is 269. The van der Waals surface area contributed by atoms with E-state index in [9.17, 15) is 0 Å². The topological polar surface area (TPSA) is 24.4 Å². The van der Waals surface area contributed by atoms with Gasteiger partial charge in [0, 0.05) is 18.8 Å². The van der Waals surface area contributed by atoms with Gasteiger partial charge in [-0.3, -0.25) is 4.99 Å². The van der Waals surface area contributed by atoms with Crippen LogP contribution in [0, 0.1) is 17.8 Å². The number of rotatable bonds is 0. The lowest BCUT2D eigenvalue weighted by Gasteiger charge is -2.32. The minimum absolute atomic E-state index is 0.733. The highest BCUT2D eigenvalue weighted by atomic mass is 14.9. The Morgan fingerprint density at radius 3 is 3.07 bits per heavy atom. The minimum atomic E-state index is 0.733. The maximum Gasteiger partial charge on any atom is 0.0423 e. The fourth-order valence-corrected chi connectivity index (χ4v) is 3.28. The predicted molar refractivity (Wildman–Crippen MR) is 58.6 cm³/mol. The van der Waals surface area contributed by atoms with Gasteiger partial charge in [0.2, 0.25) is 0 Å². The molecule has 1 aliphatic carbocycles. The summed E-state index contributed by atoms with van der Waals surface area (Å²) in [5.41, 5.74) is 0. The van der Waals surface area contributed by atoms with Crippen molar-refractivity contribution in [2.24, 2.45) is 22.7 Å². The van der Waals surface area contributed by atoms with Gasteiger partial charge in [-0.2, -0.15) is 0 Å². The van der Waals surface area contributed by atoms with E-state index in [4.69, 9.17) is 0 Å². The van der Waals surface area contributed by atoms with Crippen LogP contribution in [0.15, 0.2) is 17.1 Å². The lowest BCUT2D eigenvalue weighted by atomic mass is 9.75. The largest absolute Gasteiger partial charge is 0.313 e. The summed E-state index contributed by atoms with van der Waals surface area (Å²) in [6, 6.07) is 0.733. The van der Waals surface area contributed by atoms with E-state index in [1.54, 1.807) is 0 Å². The predicted octanol–water partition coefficient (Wildman–Crippen LogP) is 1.63. The maximum absolute atomic E-state index is 4.48. The lowest BCUT2D eigenvalue weighted by molar-refractivity contribution is 0.253. The van der Waals surface area contributed by atoms with Crippen LogP contribution in [0.3, 0.4) is 0 Å². The fraction of sp³-hybridized carbons (Fsp3) is 0.750. The Hall–Kier alpha value is -0.630. The van der Waals surface area contributed by atoms with Crippen LogP contribution in [0.1, 0.15) is 19.3 Å². The van der Waals surface area contributed by atoms with Crippen LogP contribution in [0.4, 0.5) is 0 Å². The fourth-order valence-electron chi connectivity index (χ4n) is 3.28. The van der Waals surface area contributed by atoms with E-state index in [-0.39, 0.29) is 0 Å². The van der Waals surface area contributed by atoms with Crippen molar-refractivity contribution < 1.29 is 0 Å². The van der Waals surface area contributed by atoms with E-state index in [1.165, 1.54) is 25.8 Å². The monoisotopic (exact) mass is 190 g/mol. The quantitative estimate of drug-likeness (QED) is 0.577. The number of nitrogens with one attached hydrogen (secondary N) is 1. The molecule has 0 aromatic carbocycles. The van der Waals surface area contributed by atoms with Gasteiger partial charge in [0.25, 0.3) is 0 Å². The Balaban J connectivity index is 1.84. The Morgan fingerprint density at radius 2 is 2.07 bits per heavy atom. The van der Waals surface area contributed by atoms with E-state index in [0.29, 0.717) is 0 Å². The van der Waals surface area contributed by atoms with E-state index in [1.807, 2.05) is 0 Å². The second kappa shape index (κ2) is 3.50. The van der Waals surface area contributed by atoms with Crippen LogP contribution in [0.5, 0.6) is 0 Å². The van der Waals surface area contributed by atoms with E-state index in [2.05, 4.69) is 28.7 Å². The average Bonchev–Trinajstić information content (AvgIpc) is 2.61. The molecule has 1 fully saturated rings. The highest BCUT2D eigenvalue weighted by molar-refractivity contribution is 5.63. The zero-order valence-corrected chi connectivity index (χ0v) is 8.52. The van der Waals surface area contributed by atoms with Crippen LogP contribution in [0.2, 0.25) is 0 Å². The molecule has 2 heterocycles. The lowest BCUT2D eigenvalue weighted by Crippen LogP contribution is -2.39. The molecule has 2 aliphatic heterocycles. The number of aliphatic imine (C=N–C) groups is 1. The van der Waals surface area contributed by atoms with Gasteiger partial charge in [-0.05, 0) is 43.6 Å². The highest BCUT2D eigenvalue weighted by Crippen LogP contribution is 2.36. The molecule has 14 heavy (non-hydrogen) atoms. The van der Waals surface area contributed by atoms with Crippen molar-refractivity contribution in [3.8, 4) is 0 Å². The SMILES string of the molecule is C1=CCC2C(C1)NCCC1C=NCC12. The number of hydrogen-bond donors (Lipinski definition) is 1. The van der Waals surface area contributed by atoms with E-state index in [0.717, 1.165) is 30.3 Å². The molecule has 4 atom stereocenters. The molecule has 2 heteroatoms. The molecule has 2 nitrogen and oxygen atoms in total. The maximum atomic E-state index is 4.48. The van der Waals surface area contributed by atoms with Crippen molar-refractivity contribution in [2.75, 3.05) is 13.1 Å². The molecular formula is C12H18N2. The second-order valence-electron chi connectivity index (χ2n) is 4.80. The third-order valence-corrected chi connectivity index (χ3v) is 4.08. The van der Waals surface area contributed by atoms with Gasteiger partial charge < -0.3 is 5.32 Å². The first kappa shape index (κ1) is 8.66. The molecule has 0 aromatic heterocycles. The summed E-state index contributed by atoms with van der Waals surface area (Å²) in [4.78, 5) is 4.48. The Kier molecular flexibility index (Phi) is 2.17. The van der Waals surface area contributed by atoms with Crippen LogP contribution < -0.4 is 5.32 Å². The van der Waals surface area contributed by atoms with Gasteiger partial charge in [0.1, 0.15) is 0 Å². The summed E-state index contributed by atoms with van der Waals surface area (Å²) in [5.74, 6) is 2.44. The van der Waals surface area contributed by atoms with Crippen LogP contribution in [-0.2, 0) is 0 Å². The Morgan fingerprint density at radius 1 is 1.14 bits per heavy atom. The first-order valence-electron chi connectivity index (χ1n) is 5.83. The van der Waals surface area contributed by atoms with Gasteiger partial charge in [-0.1, -0.05) is 12.2 Å². The molecule has 1 N–H and O–H groups in total. The van der Waals surface area contributed by atoms with Crippen molar-refractivity contribution in [1.82, 2.24) is 5.32 Å². The second-order valence-corrected chi connectivity index (χ2v) is 4.80. The van der Waals surface area contributed by atoms with Crippen molar-refractivity contribution in [3.63, 3.8) is 0 Å². The highest BCUT2D eigenvalue weighted by Gasteiger charge is 2.38. The van der Waals surface area contributed by atoms with Crippen molar-refractivity contribution in [3.05, 3.63) is 12.2 Å². The molecule has 0 spiro atoms. The number of nitrogens with zero attached hydrogens (tertiary/aromatic N) is 1.